The van der Waals surface area contributed by atoms with Crippen molar-refractivity contribution in [2.24, 2.45) is 0 Å². The molecule has 0 spiro atoms. The minimum atomic E-state index is -0.549. The Morgan fingerprint density at radius 3 is 2.03 bits per heavy atom. The Balaban J connectivity index is 1.99. The van der Waals surface area contributed by atoms with Crippen LogP contribution in [0.5, 0.6) is 11.5 Å². The first-order valence-electron chi connectivity index (χ1n) is 10.3. The summed E-state index contributed by atoms with van der Waals surface area (Å²) < 4.78 is 5.71. The molecule has 0 aliphatic rings. The van der Waals surface area contributed by atoms with E-state index in [4.69, 9.17) is 4.74 Å². The van der Waals surface area contributed by atoms with Crippen LogP contribution in [0, 0.1) is 0 Å². The predicted molar refractivity (Wildman–Crippen MR) is 123 cm³/mol. The van der Waals surface area contributed by atoms with Crippen LogP contribution < -0.4 is 10.1 Å². The van der Waals surface area contributed by atoms with Crippen LogP contribution in [0.2, 0.25) is 0 Å². The third-order valence-electron chi connectivity index (χ3n) is 4.96. The SMILES string of the molecule is CCC(=C(c1ccc(O)cc1)c1ccc(OCC(O)CNC)cc1)c1ccccc1. The van der Waals surface area contributed by atoms with E-state index in [1.54, 1.807) is 19.2 Å². The van der Waals surface area contributed by atoms with Crippen molar-refractivity contribution in [1.29, 1.82) is 0 Å². The average molecular weight is 404 g/mol. The number of aliphatic hydroxyl groups excluding tert-OH is 1. The number of rotatable bonds is 9. The number of nitrogens with one attached hydrogen (secondary N) is 1. The van der Waals surface area contributed by atoms with Crippen molar-refractivity contribution in [2.75, 3.05) is 20.2 Å². The van der Waals surface area contributed by atoms with Crippen molar-refractivity contribution in [3.05, 3.63) is 95.6 Å². The van der Waals surface area contributed by atoms with Crippen molar-refractivity contribution in [2.45, 2.75) is 19.4 Å². The topological polar surface area (TPSA) is 61.7 Å². The molecular formula is C26H29NO3. The molecule has 4 nitrogen and oxygen atoms in total. The molecule has 1 atom stereocenters. The molecule has 1 unspecified atom stereocenters. The molecule has 3 aromatic carbocycles. The van der Waals surface area contributed by atoms with Crippen molar-refractivity contribution < 1.29 is 14.9 Å². The zero-order chi connectivity index (χ0) is 21.3. The van der Waals surface area contributed by atoms with E-state index >= 15 is 0 Å². The smallest absolute Gasteiger partial charge is 0.119 e. The number of aromatic hydroxyl groups is 1. The molecule has 3 aromatic rings. The Bertz CT molecular complexity index is 948. The fourth-order valence-corrected chi connectivity index (χ4v) is 3.51. The molecule has 0 bridgehead atoms. The third kappa shape index (κ3) is 5.50. The van der Waals surface area contributed by atoms with Crippen LogP contribution >= 0.6 is 0 Å². The highest BCUT2D eigenvalue weighted by atomic mass is 16.5. The van der Waals surface area contributed by atoms with Gasteiger partial charge in [0.25, 0.3) is 0 Å². The lowest BCUT2D eigenvalue weighted by Crippen LogP contribution is -2.29. The van der Waals surface area contributed by atoms with Gasteiger partial charge >= 0.3 is 0 Å². The lowest BCUT2D eigenvalue weighted by molar-refractivity contribution is 0.108. The maximum atomic E-state index is 9.84. The first kappa shape index (κ1) is 21.6. The molecule has 0 aliphatic heterocycles. The van der Waals surface area contributed by atoms with Crippen molar-refractivity contribution in [1.82, 2.24) is 5.32 Å². The second-order valence-electron chi connectivity index (χ2n) is 7.17. The van der Waals surface area contributed by atoms with Gasteiger partial charge in [0.2, 0.25) is 0 Å². The van der Waals surface area contributed by atoms with E-state index in [-0.39, 0.29) is 12.4 Å². The molecule has 156 valence electrons. The number of hydrogen-bond acceptors (Lipinski definition) is 4. The Kier molecular flexibility index (Phi) is 7.66. The number of benzene rings is 3. The highest BCUT2D eigenvalue weighted by molar-refractivity contribution is 5.98. The van der Waals surface area contributed by atoms with E-state index in [0.29, 0.717) is 6.54 Å². The summed E-state index contributed by atoms with van der Waals surface area (Å²) in [4.78, 5) is 0. The fraction of sp³-hybridized carbons (Fsp3) is 0.231. The number of hydrogen-bond donors (Lipinski definition) is 3. The average Bonchev–Trinajstić information content (AvgIpc) is 2.78. The summed E-state index contributed by atoms with van der Waals surface area (Å²) in [7, 11) is 1.80. The van der Waals surface area contributed by atoms with Crippen molar-refractivity contribution in [3.8, 4) is 11.5 Å². The van der Waals surface area contributed by atoms with E-state index < -0.39 is 6.10 Å². The Labute approximate surface area is 178 Å². The molecule has 30 heavy (non-hydrogen) atoms. The molecular weight excluding hydrogens is 374 g/mol. The molecule has 0 amide bonds. The van der Waals surface area contributed by atoms with Gasteiger partial charge in [-0.05, 0) is 65.6 Å². The summed E-state index contributed by atoms with van der Waals surface area (Å²) in [6, 6.07) is 25.6. The van der Waals surface area contributed by atoms with Gasteiger partial charge in [0.1, 0.15) is 24.2 Å². The van der Waals surface area contributed by atoms with Gasteiger partial charge in [0.05, 0.1) is 0 Å². The molecule has 4 heteroatoms. The Hall–Kier alpha value is -3.08. The summed E-state index contributed by atoms with van der Waals surface area (Å²) >= 11 is 0. The second kappa shape index (κ2) is 10.6. The normalized spacial score (nSPS) is 12.9. The van der Waals surface area contributed by atoms with E-state index in [1.807, 2.05) is 54.6 Å². The zero-order valence-electron chi connectivity index (χ0n) is 17.5. The number of phenolic OH excluding ortho intramolecular Hbond substituents is 1. The quantitative estimate of drug-likeness (QED) is 0.453. The highest BCUT2D eigenvalue weighted by Crippen LogP contribution is 2.35. The van der Waals surface area contributed by atoms with E-state index in [0.717, 1.165) is 28.9 Å². The summed E-state index contributed by atoms with van der Waals surface area (Å²) in [6.07, 6.45) is 0.321. The summed E-state index contributed by atoms with van der Waals surface area (Å²) in [5, 5.41) is 22.5. The lowest BCUT2D eigenvalue weighted by atomic mass is 9.88. The maximum Gasteiger partial charge on any atom is 0.119 e. The molecule has 3 N–H and O–H groups in total. The summed E-state index contributed by atoms with van der Waals surface area (Å²) in [6.45, 7) is 2.89. The van der Waals surface area contributed by atoms with E-state index in [2.05, 4.69) is 24.4 Å². The van der Waals surface area contributed by atoms with Gasteiger partial charge in [-0.1, -0.05) is 61.5 Å². The second-order valence-corrected chi connectivity index (χ2v) is 7.17. The highest BCUT2D eigenvalue weighted by Gasteiger charge is 2.13. The van der Waals surface area contributed by atoms with E-state index in [1.165, 1.54) is 11.1 Å². The molecule has 0 saturated carbocycles. The molecule has 0 aliphatic carbocycles. The predicted octanol–water partition coefficient (Wildman–Crippen LogP) is 4.72. The van der Waals surface area contributed by atoms with Crippen LogP contribution in [0.3, 0.4) is 0 Å². The third-order valence-corrected chi connectivity index (χ3v) is 4.96. The Morgan fingerprint density at radius 1 is 0.867 bits per heavy atom. The first-order valence-corrected chi connectivity index (χ1v) is 10.3. The molecule has 0 radical (unpaired) electrons. The first-order chi connectivity index (χ1) is 14.6. The van der Waals surface area contributed by atoms with Crippen molar-refractivity contribution >= 4 is 11.1 Å². The molecule has 3 rings (SSSR count). The largest absolute Gasteiger partial charge is 0.508 e. The van der Waals surface area contributed by atoms with Crippen molar-refractivity contribution in [3.63, 3.8) is 0 Å². The molecule has 0 aromatic heterocycles. The summed E-state index contributed by atoms with van der Waals surface area (Å²) in [5.74, 6) is 0.969. The van der Waals surface area contributed by atoms with E-state index in [9.17, 15) is 10.2 Å². The standard InChI is InChI=1S/C26H29NO3/c1-3-25(19-7-5-4-6-8-19)26(20-9-13-22(28)14-10-20)21-11-15-24(16-12-21)30-18-23(29)17-27-2/h4-16,23,27-29H,3,17-18H2,1-2H3. The number of aliphatic hydroxyl groups is 1. The molecule has 0 fully saturated rings. The number of allylic oxidation sites excluding steroid dienone is 1. The monoisotopic (exact) mass is 403 g/mol. The fourth-order valence-electron chi connectivity index (χ4n) is 3.51. The number of ether oxygens (including phenoxy) is 1. The molecule has 0 heterocycles. The Morgan fingerprint density at radius 2 is 1.47 bits per heavy atom. The number of phenols is 1. The van der Waals surface area contributed by atoms with Gasteiger partial charge in [-0.2, -0.15) is 0 Å². The van der Waals surface area contributed by atoms with Crippen LogP contribution in [0.25, 0.3) is 11.1 Å². The minimum Gasteiger partial charge on any atom is -0.508 e. The van der Waals surface area contributed by atoms with Crippen LogP contribution in [0.1, 0.15) is 30.0 Å². The summed E-state index contributed by atoms with van der Waals surface area (Å²) in [5.41, 5.74) is 5.67. The van der Waals surface area contributed by atoms with Crippen LogP contribution in [-0.2, 0) is 0 Å². The van der Waals surface area contributed by atoms with Gasteiger partial charge in [0.15, 0.2) is 0 Å². The van der Waals surface area contributed by atoms with Gasteiger partial charge in [-0.25, -0.2) is 0 Å². The minimum absolute atomic E-state index is 0.241. The van der Waals surface area contributed by atoms with Gasteiger partial charge in [-0.15, -0.1) is 0 Å². The van der Waals surface area contributed by atoms with Crippen LogP contribution in [0.4, 0.5) is 0 Å². The van der Waals surface area contributed by atoms with Gasteiger partial charge in [0, 0.05) is 6.54 Å². The van der Waals surface area contributed by atoms with Crippen LogP contribution in [-0.4, -0.2) is 36.5 Å². The number of likely N-dealkylation sites (N-methyl/N-ethyl adjacent to an activating group) is 1. The zero-order valence-corrected chi connectivity index (χ0v) is 17.5. The van der Waals surface area contributed by atoms with Gasteiger partial charge in [-0.3, -0.25) is 0 Å². The molecule has 0 saturated heterocycles. The van der Waals surface area contributed by atoms with Gasteiger partial charge < -0.3 is 20.3 Å². The maximum absolute atomic E-state index is 9.84. The van der Waals surface area contributed by atoms with Crippen LogP contribution in [0.15, 0.2) is 78.9 Å². The lowest BCUT2D eigenvalue weighted by Gasteiger charge is -2.17.